The van der Waals surface area contributed by atoms with E-state index in [2.05, 4.69) is 15.5 Å². The molecule has 7 nitrogen and oxygen atoms in total. The van der Waals surface area contributed by atoms with Crippen molar-refractivity contribution in [3.05, 3.63) is 24.3 Å². The highest BCUT2D eigenvalue weighted by Gasteiger charge is 2.22. The van der Waals surface area contributed by atoms with Crippen LogP contribution in [0.4, 0.5) is 16.2 Å². The molecule has 2 rings (SSSR count). The number of morpholine rings is 1. The summed E-state index contributed by atoms with van der Waals surface area (Å²) < 4.78 is 10.5. The van der Waals surface area contributed by atoms with Gasteiger partial charge in [0.1, 0.15) is 11.6 Å². The molecular formula is C18H27N3O4. The number of nitrogens with zero attached hydrogens (tertiary/aromatic N) is 1. The summed E-state index contributed by atoms with van der Waals surface area (Å²) in [6.07, 6.45) is -0.614. The Kier molecular flexibility index (Phi) is 6.25. The summed E-state index contributed by atoms with van der Waals surface area (Å²) in [6.45, 7) is 9.83. The lowest BCUT2D eigenvalue weighted by Gasteiger charge is -2.30. The molecule has 1 aliphatic heterocycles. The Morgan fingerprint density at radius 3 is 2.48 bits per heavy atom. The molecule has 1 saturated heterocycles. The summed E-state index contributed by atoms with van der Waals surface area (Å²) in [5.74, 6) is -0.299. The molecule has 1 unspecified atom stereocenters. The van der Waals surface area contributed by atoms with Gasteiger partial charge in [0.05, 0.1) is 24.6 Å². The van der Waals surface area contributed by atoms with E-state index in [0.29, 0.717) is 18.9 Å². The lowest BCUT2D eigenvalue weighted by atomic mass is 10.2. The Hall–Kier alpha value is -2.28. The lowest BCUT2D eigenvalue weighted by molar-refractivity contribution is -0.117. The van der Waals surface area contributed by atoms with Crippen LogP contribution in [0.1, 0.15) is 27.7 Å². The number of para-hydroxylation sites is 2. The number of amides is 2. The summed E-state index contributed by atoms with van der Waals surface area (Å²) in [4.78, 5) is 26.4. The highest BCUT2D eigenvalue weighted by molar-refractivity contribution is 5.98. The normalized spacial score (nSPS) is 16.1. The predicted molar refractivity (Wildman–Crippen MR) is 96.9 cm³/mol. The molecular weight excluding hydrogens is 322 g/mol. The average molecular weight is 349 g/mol. The van der Waals surface area contributed by atoms with Gasteiger partial charge in [-0.1, -0.05) is 12.1 Å². The standard InChI is InChI=1S/C18H27N3O4/c1-13(19-17(23)25-18(2,3)4)16(22)20-14-7-5-6-8-15(14)21-9-11-24-12-10-21/h5-8,13H,9-12H2,1-4H3,(H,19,23)(H,20,22). The molecule has 1 fully saturated rings. The Balaban J connectivity index is 1.99. The van der Waals surface area contributed by atoms with Crippen LogP contribution in [0.2, 0.25) is 0 Å². The molecule has 138 valence electrons. The molecule has 25 heavy (non-hydrogen) atoms. The van der Waals surface area contributed by atoms with Gasteiger partial charge >= 0.3 is 6.09 Å². The number of anilines is 2. The molecule has 1 heterocycles. The minimum atomic E-state index is -0.715. The predicted octanol–water partition coefficient (Wildman–Crippen LogP) is 2.37. The third kappa shape index (κ3) is 5.94. The van der Waals surface area contributed by atoms with Crippen LogP contribution < -0.4 is 15.5 Å². The van der Waals surface area contributed by atoms with Crippen LogP contribution in [0, 0.1) is 0 Å². The van der Waals surface area contributed by atoms with Crippen molar-refractivity contribution in [2.75, 3.05) is 36.5 Å². The molecule has 2 N–H and O–H groups in total. The van der Waals surface area contributed by atoms with Gasteiger partial charge in [-0.05, 0) is 39.8 Å². The van der Waals surface area contributed by atoms with Gasteiger partial charge in [0.2, 0.25) is 5.91 Å². The number of carbonyl (C=O) groups is 2. The number of benzene rings is 1. The quantitative estimate of drug-likeness (QED) is 0.872. The minimum Gasteiger partial charge on any atom is -0.444 e. The summed E-state index contributed by atoms with van der Waals surface area (Å²) in [7, 11) is 0. The summed E-state index contributed by atoms with van der Waals surface area (Å²) in [6, 6.07) is 6.90. The Morgan fingerprint density at radius 2 is 1.84 bits per heavy atom. The third-order valence-corrected chi connectivity index (χ3v) is 3.64. The van der Waals surface area contributed by atoms with Gasteiger partial charge in [0.25, 0.3) is 0 Å². The molecule has 0 spiro atoms. The number of ether oxygens (including phenoxy) is 2. The topological polar surface area (TPSA) is 79.9 Å². The zero-order valence-electron chi connectivity index (χ0n) is 15.3. The van der Waals surface area contributed by atoms with Gasteiger partial charge in [-0.25, -0.2) is 4.79 Å². The van der Waals surface area contributed by atoms with Crippen molar-refractivity contribution in [2.24, 2.45) is 0 Å². The summed E-state index contributed by atoms with van der Waals surface area (Å²) in [5, 5.41) is 5.43. The average Bonchev–Trinajstić information content (AvgIpc) is 2.54. The highest BCUT2D eigenvalue weighted by atomic mass is 16.6. The van der Waals surface area contributed by atoms with Crippen molar-refractivity contribution in [3.8, 4) is 0 Å². The first kappa shape index (κ1) is 19.1. The van der Waals surface area contributed by atoms with E-state index in [1.165, 1.54) is 0 Å². The molecule has 2 amide bonds. The van der Waals surface area contributed by atoms with E-state index in [4.69, 9.17) is 9.47 Å². The molecule has 7 heteroatoms. The summed E-state index contributed by atoms with van der Waals surface area (Å²) >= 11 is 0. The first-order valence-electron chi connectivity index (χ1n) is 8.48. The smallest absolute Gasteiger partial charge is 0.408 e. The van der Waals surface area contributed by atoms with E-state index in [9.17, 15) is 9.59 Å². The van der Waals surface area contributed by atoms with Crippen LogP contribution in [0.15, 0.2) is 24.3 Å². The second-order valence-corrected chi connectivity index (χ2v) is 6.97. The molecule has 0 saturated carbocycles. The SMILES string of the molecule is CC(NC(=O)OC(C)(C)C)C(=O)Nc1ccccc1N1CCOCC1. The molecule has 1 atom stereocenters. The van der Waals surface area contributed by atoms with E-state index < -0.39 is 17.7 Å². The van der Waals surface area contributed by atoms with Crippen molar-refractivity contribution < 1.29 is 19.1 Å². The van der Waals surface area contributed by atoms with Crippen molar-refractivity contribution in [3.63, 3.8) is 0 Å². The van der Waals surface area contributed by atoms with Gasteiger partial charge in [0.15, 0.2) is 0 Å². The number of nitrogens with one attached hydrogen (secondary N) is 2. The number of alkyl carbamates (subject to hydrolysis) is 1. The number of hydrogen-bond acceptors (Lipinski definition) is 5. The van der Waals surface area contributed by atoms with E-state index in [0.717, 1.165) is 18.8 Å². The van der Waals surface area contributed by atoms with E-state index in [-0.39, 0.29) is 5.91 Å². The first-order chi connectivity index (χ1) is 11.8. The maximum Gasteiger partial charge on any atom is 0.408 e. The fourth-order valence-corrected chi connectivity index (χ4v) is 2.45. The van der Waals surface area contributed by atoms with E-state index in [1.54, 1.807) is 27.7 Å². The molecule has 1 aliphatic rings. The maximum absolute atomic E-state index is 12.4. The second kappa shape index (κ2) is 8.20. The van der Waals surface area contributed by atoms with Crippen LogP contribution in [0.5, 0.6) is 0 Å². The van der Waals surface area contributed by atoms with Gasteiger partial charge in [0, 0.05) is 13.1 Å². The third-order valence-electron chi connectivity index (χ3n) is 3.64. The Morgan fingerprint density at radius 1 is 1.20 bits per heavy atom. The van der Waals surface area contributed by atoms with Crippen LogP contribution in [0.25, 0.3) is 0 Å². The van der Waals surface area contributed by atoms with Gasteiger partial charge in [-0.15, -0.1) is 0 Å². The fraction of sp³-hybridized carbons (Fsp3) is 0.556. The lowest BCUT2D eigenvalue weighted by Crippen LogP contribution is -2.44. The van der Waals surface area contributed by atoms with Gasteiger partial charge in [-0.2, -0.15) is 0 Å². The maximum atomic E-state index is 12.4. The van der Waals surface area contributed by atoms with E-state index in [1.807, 2.05) is 24.3 Å². The van der Waals surface area contributed by atoms with Crippen molar-refractivity contribution in [2.45, 2.75) is 39.3 Å². The molecule has 0 aliphatic carbocycles. The minimum absolute atomic E-state index is 0.299. The van der Waals surface area contributed by atoms with E-state index >= 15 is 0 Å². The zero-order valence-corrected chi connectivity index (χ0v) is 15.3. The second-order valence-electron chi connectivity index (χ2n) is 6.97. The largest absolute Gasteiger partial charge is 0.444 e. The van der Waals surface area contributed by atoms with Gasteiger partial charge < -0.3 is 25.0 Å². The van der Waals surface area contributed by atoms with Crippen molar-refractivity contribution >= 4 is 23.4 Å². The Bertz CT molecular complexity index is 607. The van der Waals surface area contributed by atoms with Crippen molar-refractivity contribution in [1.29, 1.82) is 0 Å². The summed E-state index contributed by atoms with van der Waals surface area (Å²) in [5.41, 5.74) is 1.05. The highest BCUT2D eigenvalue weighted by Crippen LogP contribution is 2.26. The molecule has 0 bridgehead atoms. The van der Waals surface area contributed by atoms with Crippen LogP contribution >= 0.6 is 0 Å². The molecule has 1 aromatic carbocycles. The molecule has 1 aromatic rings. The fourth-order valence-electron chi connectivity index (χ4n) is 2.45. The first-order valence-corrected chi connectivity index (χ1v) is 8.48. The number of carbonyl (C=O) groups excluding carboxylic acids is 2. The van der Waals surface area contributed by atoms with Crippen molar-refractivity contribution in [1.82, 2.24) is 5.32 Å². The number of hydrogen-bond donors (Lipinski definition) is 2. The molecule has 0 radical (unpaired) electrons. The zero-order chi connectivity index (χ0) is 18.4. The van der Waals surface area contributed by atoms with Gasteiger partial charge in [-0.3, -0.25) is 4.79 Å². The van der Waals surface area contributed by atoms with Crippen LogP contribution in [-0.4, -0.2) is 49.9 Å². The Labute approximate surface area is 148 Å². The van der Waals surface area contributed by atoms with Crippen LogP contribution in [0.3, 0.4) is 0 Å². The van der Waals surface area contributed by atoms with Crippen LogP contribution in [-0.2, 0) is 14.3 Å². The number of rotatable bonds is 4. The monoisotopic (exact) mass is 349 g/mol. The molecule has 0 aromatic heterocycles.